The summed E-state index contributed by atoms with van der Waals surface area (Å²) in [5.74, 6) is 0. The molecule has 0 aromatic heterocycles. The number of likely N-dealkylation sites (N-methyl/N-ethyl adjacent to an activating group) is 2. The highest BCUT2D eigenvalue weighted by Gasteiger charge is 2.14. The smallest absolute Gasteiger partial charge is 0.0900 e. The Hall–Kier alpha value is -0.160. The number of ether oxygens (including phenoxy) is 1. The average Bonchev–Trinajstić information content (AvgIpc) is 2.26. The Morgan fingerprint density at radius 1 is 1.13 bits per heavy atom. The fourth-order valence-electron chi connectivity index (χ4n) is 1.85. The first-order valence-corrected chi connectivity index (χ1v) is 5.96. The molecule has 15 heavy (non-hydrogen) atoms. The van der Waals surface area contributed by atoms with Gasteiger partial charge < -0.3 is 14.7 Å². The summed E-state index contributed by atoms with van der Waals surface area (Å²) >= 11 is 0. The highest BCUT2D eigenvalue weighted by Crippen LogP contribution is 1.99. The van der Waals surface area contributed by atoms with Crippen molar-refractivity contribution < 1.29 is 9.84 Å². The number of hydrogen-bond acceptors (Lipinski definition) is 4. The number of rotatable bonds is 2. The Morgan fingerprint density at radius 2 is 1.80 bits per heavy atom. The molecule has 0 radical (unpaired) electrons. The maximum Gasteiger partial charge on any atom is 0.0900 e. The molecule has 0 spiro atoms. The Morgan fingerprint density at radius 3 is 2.47 bits per heavy atom. The molecule has 0 saturated carbocycles. The van der Waals surface area contributed by atoms with Crippen molar-refractivity contribution in [2.45, 2.75) is 20.0 Å². The Bertz CT molecular complexity index is 167. The number of β-amino-alcohol motifs (C(OH)–C–C–N with tert-alkyl or cyclic N) is 1. The average molecular weight is 216 g/mol. The van der Waals surface area contributed by atoms with Crippen LogP contribution in [0.5, 0.6) is 0 Å². The second-order valence-corrected chi connectivity index (χ2v) is 4.06. The van der Waals surface area contributed by atoms with Gasteiger partial charge in [-0.2, -0.15) is 0 Å². The van der Waals surface area contributed by atoms with E-state index in [1.54, 1.807) is 0 Å². The summed E-state index contributed by atoms with van der Waals surface area (Å²) < 4.78 is 5.43. The number of hydrogen-bond donors (Lipinski definition) is 1. The van der Waals surface area contributed by atoms with Crippen molar-refractivity contribution in [1.29, 1.82) is 0 Å². The highest BCUT2D eigenvalue weighted by molar-refractivity contribution is 4.67. The first kappa shape index (κ1) is 12.9. The van der Waals surface area contributed by atoms with E-state index in [0.717, 1.165) is 45.9 Å². The van der Waals surface area contributed by atoms with Gasteiger partial charge in [0.1, 0.15) is 0 Å². The van der Waals surface area contributed by atoms with Crippen molar-refractivity contribution in [2.75, 3.05) is 52.5 Å². The first-order valence-electron chi connectivity index (χ1n) is 5.96. The van der Waals surface area contributed by atoms with Crippen molar-refractivity contribution in [2.24, 2.45) is 0 Å². The third-order valence-electron chi connectivity index (χ3n) is 2.96. The molecule has 1 aliphatic rings. The molecule has 0 aromatic carbocycles. The van der Waals surface area contributed by atoms with E-state index in [1.165, 1.54) is 0 Å². The summed E-state index contributed by atoms with van der Waals surface area (Å²) in [6.45, 7) is 11.4. The summed E-state index contributed by atoms with van der Waals surface area (Å²) in [4.78, 5) is 4.67. The van der Waals surface area contributed by atoms with Crippen LogP contribution >= 0.6 is 0 Å². The van der Waals surface area contributed by atoms with Crippen molar-refractivity contribution in [3.63, 3.8) is 0 Å². The van der Waals surface area contributed by atoms with E-state index in [0.29, 0.717) is 6.61 Å². The van der Waals surface area contributed by atoms with Crippen molar-refractivity contribution in [1.82, 2.24) is 9.80 Å². The van der Waals surface area contributed by atoms with Gasteiger partial charge in [-0.15, -0.1) is 0 Å². The van der Waals surface area contributed by atoms with E-state index in [-0.39, 0.29) is 6.10 Å². The number of nitrogens with zero attached hydrogens (tertiary/aromatic N) is 2. The third-order valence-corrected chi connectivity index (χ3v) is 2.96. The van der Waals surface area contributed by atoms with E-state index in [2.05, 4.69) is 23.6 Å². The fourth-order valence-corrected chi connectivity index (χ4v) is 1.85. The van der Waals surface area contributed by atoms with Gasteiger partial charge in [0, 0.05) is 26.2 Å². The third kappa shape index (κ3) is 4.93. The summed E-state index contributed by atoms with van der Waals surface area (Å²) in [6.07, 6.45) is -0.335. The molecule has 1 fully saturated rings. The zero-order chi connectivity index (χ0) is 11.1. The van der Waals surface area contributed by atoms with Crippen LogP contribution in [0, 0.1) is 0 Å². The van der Waals surface area contributed by atoms with Crippen molar-refractivity contribution in [3.05, 3.63) is 0 Å². The maximum absolute atomic E-state index is 9.68. The molecule has 1 saturated heterocycles. The van der Waals surface area contributed by atoms with Crippen molar-refractivity contribution in [3.8, 4) is 0 Å². The maximum atomic E-state index is 9.68. The van der Waals surface area contributed by atoms with E-state index in [1.807, 2.05) is 0 Å². The molecule has 1 N–H and O–H groups in total. The van der Waals surface area contributed by atoms with E-state index < -0.39 is 0 Å². The van der Waals surface area contributed by atoms with Gasteiger partial charge in [0.25, 0.3) is 0 Å². The molecule has 1 heterocycles. The zero-order valence-electron chi connectivity index (χ0n) is 9.98. The minimum atomic E-state index is -0.335. The standard InChI is InChI=1S/C11H24N2O2/c1-3-12-5-6-13(4-2)9-11(14)10-15-8-7-12/h11,14H,3-10H2,1-2H3. The van der Waals surface area contributed by atoms with Crippen LogP contribution in [-0.4, -0.2) is 73.5 Å². The van der Waals surface area contributed by atoms with Crippen LogP contribution in [0.3, 0.4) is 0 Å². The van der Waals surface area contributed by atoms with Crippen LogP contribution in [-0.2, 0) is 4.74 Å². The molecular weight excluding hydrogens is 192 g/mol. The second-order valence-electron chi connectivity index (χ2n) is 4.06. The molecule has 0 aliphatic carbocycles. The zero-order valence-corrected chi connectivity index (χ0v) is 9.98. The molecular formula is C11H24N2O2. The van der Waals surface area contributed by atoms with Crippen LogP contribution in [0.1, 0.15) is 13.8 Å². The Balaban J connectivity index is 2.41. The van der Waals surface area contributed by atoms with Crippen LogP contribution in [0.15, 0.2) is 0 Å². The molecule has 0 bridgehead atoms. The lowest BCUT2D eigenvalue weighted by Crippen LogP contribution is -2.42. The summed E-state index contributed by atoms with van der Waals surface area (Å²) in [7, 11) is 0. The summed E-state index contributed by atoms with van der Waals surface area (Å²) in [5.41, 5.74) is 0. The van der Waals surface area contributed by atoms with Crippen molar-refractivity contribution >= 4 is 0 Å². The van der Waals surface area contributed by atoms with Crippen LogP contribution < -0.4 is 0 Å². The Kier molecular flexibility index (Phi) is 6.17. The van der Waals surface area contributed by atoms with Gasteiger partial charge in [0.15, 0.2) is 0 Å². The van der Waals surface area contributed by atoms with E-state index in [9.17, 15) is 5.11 Å². The molecule has 4 nitrogen and oxygen atoms in total. The van der Waals surface area contributed by atoms with E-state index in [4.69, 9.17) is 4.74 Å². The van der Waals surface area contributed by atoms with Gasteiger partial charge in [-0.05, 0) is 13.1 Å². The van der Waals surface area contributed by atoms with Gasteiger partial charge in [-0.1, -0.05) is 13.8 Å². The predicted molar refractivity (Wildman–Crippen MR) is 61.1 cm³/mol. The highest BCUT2D eigenvalue weighted by atomic mass is 16.5. The summed E-state index contributed by atoms with van der Waals surface area (Å²) in [6, 6.07) is 0. The normalized spacial score (nSPS) is 27.8. The largest absolute Gasteiger partial charge is 0.389 e. The molecule has 1 rings (SSSR count). The number of aliphatic hydroxyl groups excluding tert-OH is 1. The Labute approximate surface area is 92.8 Å². The molecule has 1 unspecified atom stereocenters. The quantitative estimate of drug-likeness (QED) is 0.706. The van der Waals surface area contributed by atoms with Crippen LogP contribution in [0.2, 0.25) is 0 Å². The lowest BCUT2D eigenvalue weighted by molar-refractivity contribution is -0.000318. The van der Waals surface area contributed by atoms with Gasteiger partial charge in [-0.3, -0.25) is 4.90 Å². The fraction of sp³-hybridized carbons (Fsp3) is 1.00. The van der Waals surface area contributed by atoms with Crippen LogP contribution in [0.4, 0.5) is 0 Å². The van der Waals surface area contributed by atoms with Gasteiger partial charge in [-0.25, -0.2) is 0 Å². The minimum absolute atomic E-state index is 0.335. The topological polar surface area (TPSA) is 35.9 Å². The lowest BCUT2D eigenvalue weighted by Gasteiger charge is -2.29. The summed E-state index contributed by atoms with van der Waals surface area (Å²) in [5, 5.41) is 9.68. The monoisotopic (exact) mass is 216 g/mol. The minimum Gasteiger partial charge on any atom is -0.389 e. The molecule has 90 valence electrons. The molecule has 0 amide bonds. The molecule has 0 aromatic rings. The molecule has 1 aliphatic heterocycles. The molecule has 1 atom stereocenters. The molecule has 4 heteroatoms. The van der Waals surface area contributed by atoms with Gasteiger partial charge in [0.05, 0.1) is 19.3 Å². The SMILES string of the molecule is CCN1CCOCC(O)CN(CC)CC1. The predicted octanol–water partition coefficient (Wildman–Crippen LogP) is 0.0213. The first-order chi connectivity index (χ1) is 7.26. The number of aliphatic hydroxyl groups is 1. The van der Waals surface area contributed by atoms with Gasteiger partial charge in [0.2, 0.25) is 0 Å². The van der Waals surface area contributed by atoms with Gasteiger partial charge >= 0.3 is 0 Å². The lowest BCUT2D eigenvalue weighted by atomic mass is 10.3. The van der Waals surface area contributed by atoms with E-state index >= 15 is 0 Å². The second kappa shape index (κ2) is 7.17. The van der Waals surface area contributed by atoms with Crippen LogP contribution in [0.25, 0.3) is 0 Å².